The molecule has 2 aromatic heterocycles. The van der Waals surface area contributed by atoms with Gasteiger partial charge in [0.05, 0.1) is 5.56 Å². The number of carbonyl (C=O) groups is 2. The molecular formula is C21H29N3O3S. The van der Waals surface area contributed by atoms with Crippen LogP contribution in [0.4, 0.5) is 5.13 Å². The van der Waals surface area contributed by atoms with E-state index in [4.69, 9.17) is 4.74 Å². The molecule has 3 rings (SSSR count). The maximum Gasteiger partial charge on any atom is 0.340 e. The molecule has 28 heavy (non-hydrogen) atoms. The number of carbonyl (C=O) groups excluding carboxylic acids is 2. The summed E-state index contributed by atoms with van der Waals surface area (Å²) in [6.07, 6.45) is 6.19. The molecule has 1 atom stereocenters. The Labute approximate surface area is 170 Å². The minimum absolute atomic E-state index is 0.124. The van der Waals surface area contributed by atoms with E-state index in [1.165, 1.54) is 17.8 Å². The maximum atomic E-state index is 13.2. The van der Waals surface area contributed by atoms with E-state index < -0.39 is 12.1 Å². The van der Waals surface area contributed by atoms with Crippen molar-refractivity contribution in [1.29, 1.82) is 0 Å². The second kappa shape index (κ2) is 8.90. The molecule has 0 unspecified atom stereocenters. The molecule has 0 radical (unpaired) electrons. The van der Waals surface area contributed by atoms with Gasteiger partial charge < -0.3 is 9.30 Å². The van der Waals surface area contributed by atoms with Crippen LogP contribution in [0.5, 0.6) is 0 Å². The number of thiazole rings is 1. The van der Waals surface area contributed by atoms with Crippen LogP contribution in [0, 0.1) is 13.8 Å². The largest absolute Gasteiger partial charge is 0.449 e. The summed E-state index contributed by atoms with van der Waals surface area (Å²) >= 11 is 1.45. The fourth-order valence-electron chi connectivity index (χ4n) is 4.07. The molecule has 0 N–H and O–H groups in total. The Bertz CT molecular complexity index is 822. The first-order valence-electron chi connectivity index (χ1n) is 10.0. The molecule has 152 valence electrons. The van der Waals surface area contributed by atoms with E-state index in [1.54, 1.807) is 18.0 Å². The predicted octanol–water partition coefficient (Wildman–Crippen LogP) is 4.49. The Morgan fingerprint density at radius 3 is 2.61 bits per heavy atom. The number of aromatic nitrogens is 2. The van der Waals surface area contributed by atoms with Gasteiger partial charge in [-0.1, -0.05) is 19.3 Å². The number of aryl methyl sites for hydroxylation is 1. The summed E-state index contributed by atoms with van der Waals surface area (Å²) in [4.78, 5) is 32.1. The molecule has 1 amide bonds. The first-order valence-corrected chi connectivity index (χ1v) is 10.9. The first kappa shape index (κ1) is 20.6. The summed E-state index contributed by atoms with van der Waals surface area (Å²) < 4.78 is 7.66. The van der Waals surface area contributed by atoms with Crippen LogP contribution in [0.3, 0.4) is 0 Å². The van der Waals surface area contributed by atoms with Gasteiger partial charge in [-0.25, -0.2) is 9.78 Å². The SMILES string of the molecule is CCn1c(C)cc(C(=O)O[C@@H](C)C(=O)N(c2nccs2)C2CCCCC2)c1C. The number of ether oxygens (including phenoxy) is 1. The molecule has 2 aromatic rings. The predicted molar refractivity (Wildman–Crippen MR) is 111 cm³/mol. The fraction of sp³-hybridized carbons (Fsp3) is 0.571. The van der Waals surface area contributed by atoms with Gasteiger partial charge >= 0.3 is 5.97 Å². The number of rotatable bonds is 6. The number of hydrogen-bond acceptors (Lipinski definition) is 5. The molecule has 0 bridgehead atoms. The molecule has 0 aliphatic heterocycles. The molecule has 1 aliphatic rings. The van der Waals surface area contributed by atoms with Crippen LogP contribution in [-0.4, -0.2) is 33.6 Å². The van der Waals surface area contributed by atoms with Crippen LogP contribution in [-0.2, 0) is 16.1 Å². The van der Waals surface area contributed by atoms with Crippen LogP contribution in [0.1, 0.15) is 67.7 Å². The first-order chi connectivity index (χ1) is 13.4. The molecule has 1 aliphatic carbocycles. The van der Waals surface area contributed by atoms with Crippen molar-refractivity contribution in [2.75, 3.05) is 4.90 Å². The minimum Gasteiger partial charge on any atom is -0.449 e. The Hall–Kier alpha value is -2.15. The lowest BCUT2D eigenvalue weighted by Gasteiger charge is -2.33. The summed E-state index contributed by atoms with van der Waals surface area (Å²) in [5, 5.41) is 2.55. The van der Waals surface area contributed by atoms with Crippen LogP contribution >= 0.6 is 11.3 Å². The van der Waals surface area contributed by atoms with Crippen molar-refractivity contribution < 1.29 is 14.3 Å². The molecule has 6 nitrogen and oxygen atoms in total. The quantitative estimate of drug-likeness (QED) is 0.667. The third-order valence-corrected chi connectivity index (χ3v) is 6.31. The molecule has 7 heteroatoms. The van der Waals surface area contributed by atoms with Crippen molar-refractivity contribution in [2.45, 2.75) is 78.5 Å². The fourth-order valence-corrected chi connectivity index (χ4v) is 4.79. The van der Waals surface area contributed by atoms with E-state index in [0.29, 0.717) is 10.7 Å². The highest BCUT2D eigenvalue weighted by atomic mass is 32.1. The average Bonchev–Trinajstić information content (AvgIpc) is 3.30. The molecule has 0 aromatic carbocycles. The van der Waals surface area contributed by atoms with E-state index in [2.05, 4.69) is 9.55 Å². The number of amides is 1. The number of nitrogens with zero attached hydrogens (tertiary/aromatic N) is 3. The maximum absolute atomic E-state index is 13.2. The molecule has 1 fully saturated rings. The highest BCUT2D eigenvalue weighted by molar-refractivity contribution is 7.13. The van der Waals surface area contributed by atoms with Gasteiger partial charge in [0.1, 0.15) is 0 Å². The Kier molecular flexibility index (Phi) is 6.54. The van der Waals surface area contributed by atoms with Crippen LogP contribution < -0.4 is 4.90 Å². The van der Waals surface area contributed by atoms with Crippen molar-refractivity contribution in [2.24, 2.45) is 0 Å². The van der Waals surface area contributed by atoms with Gasteiger partial charge in [0, 0.05) is 35.6 Å². The summed E-state index contributed by atoms with van der Waals surface area (Å²) in [6.45, 7) is 8.36. The molecule has 2 heterocycles. The highest BCUT2D eigenvalue weighted by Gasteiger charge is 2.33. The average molecular weight is 404 g/mol. The normalized spacial score (nSPS) is 16.0. The van der Waals surface area contributed by atoms with Gasteiger partial charge in [-0.3, -0.25) is 9.69 Å². The van der Waals surface area contributed by atoms with Crippen molar-refractivity contribution >= 4 is 28.3 Å². The second-order valence-corrected chi connectivity index (χ2v) is 8.26. The van der Waals surface area contributed by atoms with Gasteiger partial charge in [-0.05, 0) is 46.6 Å². The van der Waals surface area contributed by atoms with Crippen LogP contribution in [0.15, 0.2) is 17.6 Å². The van der Waals surface area contributed by atoms with E-state index in [9.17, 15) is 9.59 Å². The summed E-state index contributed by atoms with van der Waals surface area (Å²) in [5.74, 6) is -0.643. The molecule has 0 saturated heterocycles. The molecular weight excluding hydrogens is 374 g/mol. The number of anilines is 1. The van der Waals surface area contributed by atoms with Gasteiger partial charge in [0.25, 0.3) is 5.91 Å². The third kappa shape index (κ3) is 4.14. The summed E-state index contributed by atoms with van der Waals surface area (Å²) in [7, 11) is 0. The second-order valence-electron chi connectivity index (χ2n) is 7.39. The van der Waals surface area contributed by atoms with Crippen molar-refractivity contribution in [3.8, 4) is 0 Å². The van der Waals surface area contributed by atoms with Crippen LogP contribution in [0.25, 0.3) is 0 Å². The Balaban J connectivity index is 1.77. The monoisotopic (exact) mass is 403 g/mol. The molecule has 0 spiro atoms. The topological polar surface area (TPSA) is 64.4 Å². The summed E-state index contributed by atoms with van der Waals surface area (Å²) in [6, 6.07) is 1.96. The zero-order valence-corrected chi connectivity index (χ0v) is 17.9. The van der Waals surface area contributed by atoms with E-state index in [1.807, 2.05) is 32.2 Å². The lowest BCUT2D eigenvalue weighted by atomic mass is 9.94. The zero-order chi connectivity index (χ0) is 20.3. The minimum atomic E-state index is -0.858. The number of esters is 1. The van der Waals surface area contributed by atoms with Gasteiger partial charge in [0.2, 0.25) is 0 Å². The van der Waals surface area contributed by atoms with Crippen molar-refractivity contribution in [3.63, 3.8) is 0 Å². The Morgan fingerprint density at radius 1 is 1.32 bits per heavy atom. The van der Waals surface area contributed by atoms with Crippen molar-refractivity contribution in [1.82, 2.24) is 9.55 Å². The van der Waals surface area contributed by atoms with E-state index in [0.717, 1.165) is 43.6 Å². The third-order valence-electron chi connectivity index (χ3n) is 5.54. The van der Waals surface area contributed by atoms with Gasteiger partial charge in [0.15, 0.2) is 11.2 Å². The van der Waals surface area contributed by atoms with Crippen molar-refractivity contribution in [3.05, 3.63) is 34.6 Å². The van der Waals surface area contributed by atoms with Gasteiger partial charge in [-0.2, -0.15) is 0 Å². The van der Waals surface area contributed by atoms with E-state index in [-0.39, 0.29) is 11.9 Å². The summed E-state index contributed by atoms with van der Waals surface area (Å²) in [5.41, 5.74) is 2.41. The highest BCUT2D eigenvalue weighted by Crippen LogP contribution is 2.30. The zero-order valence-electron chi connectivity index (χ0n) is 17.1. The van der Waals surface area contributed by atoms with Gasteiger partial charge in [-0.15, -0.1) is 11.3 Å². The molecule has 1 saturated carbocycles. The Morgan fingerprint density at radius 2 is 2.04 bits per heavy atom. The lowest BCUT2D eigenvalue weighted by molar-refractivity contribution is -0.127. The van der Waals surface area contributed by atoms with E-state index >= 15 is 0 Å². The number of hydrogen-bond donors (Lipinski definition) is 0. The van der Waals surface area contributed by atoms with Crippen LogP contribution in [0.2, 0.25) is 0 Å². The smallest absolute Gasteiger partial charge is 0.340 e. The standard InChI is InChI=1S/C21H29N3O3S/c1-5-23-14(2)13-18(15(23)3)20(26)27-16(4)19(25)24(21-22-11-12-28-21)17-9-7-6-8-10-17/h11-13,16-17H,5-10H2,1-4H3/t16-/m0/s1. The lowest BCUT2D eigenvalue weighted by Crippen LogP contribution is -2.47.